The number of aromatic nitrogens is 1. The molecule has 2 amide bonds. The number of hydrogen-bond donors (Lipinski definition) is 2. The van der Waals surface area contributed by atoms with Gasteiger partial charge in [-0.05, 0) is 79.7 Å². The first-order chi connectivity index (χ1) is 19.3. The Balaban J connectivity index is 1.31. The van der Waals surface area contributed by atoms with Gasteiger partial charge in [0.15, 0.2) is 0 Å². The van der Waals surface area contributed by atoms with Crippen LogP contribution in [0, 0.1) is 11.7 Å². The molecule has 0 atom stereocenters. The smallest absolute Gasteiger partial charge is 0.225 e. The van der Waals surface area contributed by atoms with E-state index in [0.29, 0.717) is 29.8 Å². The number of benzene rings is 2. The Kier molecular flexibility index (Phi) is 8.31. The van der Waals surface area contributed by atoms with Crippen molar-refractivity contribution in [2.24, 2.45) is 11.7 Å². The average molecular weight is 543 g/mol. The number of hydrogen-bond acceptors (Lipinski definition) is 4. The summed E-state index contributed by atoms with van der Waals surface area (Å²) in [5, 5.41) is 2.95. The molecule has 0 saturated heterocycles. The molecule has 5 rings (SSSR count). The van der Waals surface area contributed by atoms with Crippen LogP contribution in [0.15, 0.2) is 60.8 Å². The standard InChI is InChI=1S/C33H39FN4O2/c1-3-32(40)38(2)25-15-9-22(10-16-25)19-31(39)37-30-20-27(26-7-4-5-8-29(26)34)28(21-36-30)23-11-13-24(14-12-23)33(35)17-6-18-33/h4-5,7-8,11-14,20-22,25H,3,6,9-10,15-19,35H2,1-2H3,(H,36,37,39). The summed E-state index contributed by atoms with van der Waals surface area (Å²) in [5.41, 5.74) is 10.2. The number of nitrogens with zero attached hydrogens (tertiary/aromatic N) is 2. The molecule has 210 valence electrons. The molecule has 3 aromatic rings. The normalized spacial score (nSPS) is 19.9. The first-order valence-electron chi connectivity index (χ1n) is 14.5. The second kappa shape index (κ2) is 11.9. The molecule has 1 aromatic heterocycles. The Bertz CT molecular complexity index is 1360. The Morgan fingerprint density at radius 1 is 1.02 bits per heavy atom. The third kappa shape index (κ3) is 5.94. The average Bonchev–Trinajstić information content (AvgIpc) is 2.96. The van der Waals surface area contributed by atoms with Gasteiger partial charge in [-0.25, -0.2) is 9.37 Å². The molecule has 40 heavy (non-hydrogen) atoms. The van der Waals surface area contributed by atoms with Crippen molar-refractivity contribution in [3.63, 3.8) is 0 Å². The lowest BCUT2D eigenvalue weighted by Crippen LogP contribution is -2.43. The van der Waals surface area contributed by atoms with Gasteiger partial charge in [-0.1, -0.05) is 49.4 Å². The van der Waals surface area contributed by atoms with Crippen molar-refractivity contribution in [1.82, 2.24) is 9.88 Å². The number of nitrogens with one attached hydrogen (secondary N) is 1. The lowest BCUT2D eigenvalue weighted by atomic mass is 9.72. The fourth-order valence-electron chi connectivity index (χ4n) is 6.13. The zero-order chi connectivity index (χ0) is 28.3. The van der Waals surface area contributed by atoms with Crippen LogP contribution in [-0.2, 0) is 15.1 Å². The summed E-state index contributed by atoms with van der Waals surface area (Å²) >= 11 is 0. The van der Waals surface area contributed by atoms with E-state index < -0.39 is 0 Å². The number of anilines is 1. The summed E-state index contributed by atoms with van der Waals surface area (Å²) < 4.78 is 15.0. The molecule has 0 radical (unpaired) electrons. The highest BCUT2D eigenvalue weighted by atomic mass is 19.1. The van der Waals surface area contributed by atoms with E-state index in [1.54, 1.807) is 30.5 Å². The third-order valence-corrected chi connectivity index (χ3v) is 8.89. The Morgan fingerprint density at radius 2 is 1.73 bits per heavy atom. The summed E-state index contributed by atoms with van der Waals surface area (Å²) in [6, 6.07) is 16.8. The number of amides is 2. The summed E-state index contributed by atoms with van der Waals surface area (Å²) in [5.74, 6) is 0.411. The molecule has 2 aromatic carbocycles. The van der Waals surface area contributed by atoms with Gasteiger partial charge in [0, 0.05) is 48.8 Å². The van der Waals surface area contributed by atoms with E-state index in [9.17, 15) is 14.0 Å². The van der Waals surface area contributed by atoms with Gasteiger partial charge in [-0.3, -0.25) is 9.59 Å². The zero-order valence-corrected chi connectivity index (χ0v) is 23.5. The zero-order valence-electron chi connectivity index (χ0n) is 23.5. The highest BCUT2D eigenvalue weighted by Gasteiger charge is 2.34. The van der Waals surface area contributed by atoms with Crippen LogP contribution < -0.4 is 11.1 Å². The maximum Gasteiger partial charge on any atom is 0.225 e. The highest BCUT2D eigenvalue weighted by Crippen LogP contribution is 2.40. The van der Waals surface area contributed by atoms with E-state index in [1.165, 1.54) is 6.07 Å². The van der Waals surface area contributed by atoms with Gasteiger partial charge in [0.25, 0.3) is 0 Å². The van der Waals surface area contributed by atoms with Crippen molar-refractivity contribution in [2.75, 3.05) is 12.4 Å². The molecular weight excluding hydrogens is 503 g/mol. The topological polar surface area (TPSA) is 88.3 Å². The third-order valence-electron chi connectivity index (χ3n) is 8.89. The number of carbonyl (C=O) groups excluding carboxylic acids is 2. The molecular formula is C33H39FN4O2. The highest BCUT2D eigenvalue weighted by molar-refractivity contribution is 5.92. The number of rotatable bonds is 8. The second-order valence-electron chi connectivity index (χ2n) is 11.5. The molecule has 0 bridgehead atoms. The van der Waals surface area contributed by atoms with Gasteiger partial charge in [0.05, 0.1) is 0 Å². The fraction of sp³-hybridized carbons (Fsp3) is 0.424. The lowest BCUT2D eigenvalue weighted by molar-refractivity contribution is -0.132. The molecule has 7 heteroatoms. The van der Waals surface area contributed by atoms with Crippen molar-refractivity contribution < 1.29 is 14.0 Å². The van der Waals surface area contributed by atoms with Gasteiger partial charge in [-0.15, -0.1) is 0 Å². The SMILES string of the molecule is CCC(=O)N(C)C1CCC(CC(=O)Nc2cc(-c3ccccc3F)c(-c3ccc(C4(N)CCC4)cc3)cn2)CC1. The van der Waals surface area contributed by atoms with Crippen LogP contribution in [-0.4, -0.2) is 34.8 Å². The van der Waals surface area contributed by atoms with Crippen LogP contribution in [0.2, 0.25) is 0 Å². The molecule has 1 heterocycles. The number of pyridine rings is 1. The molecule has 0 unspecified atom stereocenters. The molecule has 6 nitrogen and oxygen atoms in total. The summed E-state index contributed by atoms with van der Waals surface area (Å²) in [7, 11) is 1.88. The first kappa shape index (κ1) is 28.0. The van der Waals surface area contributed by atoms with Crippen molar-refractivity contribution in [3.05, 3.63) is 72.2 Å². The van der Waals surface area contributed by atoms with Crippen molar-refractivity contribution in [1.29, 1.82) is 0 Å². The minimum atomic E-state index is -0.331. The fourth-order valence-corrected chi connectivity index (χ4v) is 6.13. The quantitative estimate of drug-likeness (QED) is 0.334. The summed E-state index contributed by atoms with van der Waals surface area (Å²) in [6.45, 7) is 1.88. The van der Waals surface area contributed by atoms with Crippen molar-refractivity contribution in [3.8, 4) is 22.3 Å². The van der Waals surface area contributed by atoms with Crippen LogP contribution in [0.5, 0.6) is 0 Å². The Labute approximate surface area is 236 Å². The summed E-state index contributed by atoms with van der Waals surface area (Å²) in [4.78, 5) is 31.4. The Morgan fingerprint density at radius 3 is 2.35 bits per heavy atom. The minimum absolute atomic E-state index is 0.0979. The van der Waals surface area contributed by atoms with Gasteiger partial charge >= 0.3 is 0 Å². The molecule has 2 aliphatic rings. The van der Waals surface area contributed by atoms with Crippen LogP contribution in [0.4, 0.5) is 10.2 Å². The van der Waals surface area contributed by atoms with E-state index in [0.717, 1.165) is 61.6 Å². The van der Waals surface area contributed by atoms with E-state index in [1.807, 2.05) is 31.0 Å². The van der Waals surface area contributed by atoms with E-state index in [4.69, 9.17) is 5.73 Å². The second-order valence-corrected chi connectivity index (χ2v) is 11.5. The number of halogens is 1. The molecule has 2 fully saturated rings. The van der Waals surface area contributed by atoms with Gasteiger partial charge in [-0.2, -0.15) is 0 Å². The van der Waals surface area contributed by atoms with Crippen LogP contribution in [0.25, 0.3) is 22.3 Å². The lowest BCUT2D eigenvalue weighted by Gasteiger charge is -2.38. The maximum atomic E-state index is 15.0. The van der Waals surface area contributed by atoms with Gasteiger partial charge < -0.3 is 16.0 Å². The van der Waals surface area contributed by atoms with Crippen LogP contribution in [0.1, 0.15) is 70.3 Å². The Hall–Kier alpha value is -3.58. The molecule has 0 aliphatic heterocycles. The molecule has 2 saturated carbocycles. The minimum Gasteiger partial charge on any atom is -0.343 e. The largest absolute Gasteiger partial charge is 0.343 e. The molecule has 0 spiro atoms. The first-order valence-corrected chi connectivity index (χ1v) is 14.5. The van der Waals surface area contributed by atoms with Crippen LogP contribution in [0.3, 0.4) is 0 Å². The predicted octanol–water partition coefficient (Wildman–Crippen LogP) is 6.65. The monoisotopic (exact) mass is 542 g/mol. The van der Waals surface area contributed by atoms with E-state index in [-0.39, 0.29) is 35.1 Å². The van der Waals surface area contributed by atoms with Crippen molar-refractivity contribution >= 4 is 17.6 Å². The van der Waals surface area contributed by atoms with E-state index in [2.05, 4.69) is 22.4 Å². The predicted molar refractivity (Wildman–Crippen MR) is 157 cm³/mol. The van der Waals surface area contributed by atoms with E-state index >= 15 is 0 Å². The van der Waals surface area contributed by atoms with Crippen molar-refractivity contribution in [2.45, 2.75) is 76.3 Å². The van der Waals surface area contributed by atoms with Gasteiger partial charge in [0.1, 0.15) is 11.6 Å². The van der Waals surface area contributed by atoms with Gasteiger partial charge in [0.2, 0.25) is 11.8 Å². The summed E-state index contributed by atoms with van der Waals surface area (Å²) in [6.07, 6.45) is 9.38. The molecule has 2 aliphatic carbocycles. The number of nitrogens with two attached hydrogens (primary N) is 1. The maximum absolute atomic E-state index is 15.0. The van der Waals surface area contributed by atoms with Crippen LogP contribution >= 0.6 is 0 Å². The molecule has 3 N–H and O–H groups in total. The number of carbonyl (C=O) groups is 2.